The van der Waals surface area contributed by atoms with Crippen LogP contribution in [0.2, 0.25) is 0 Å². The van der Waals surface area contributed by atoms with Crippen molar-refractivity contribution in [1.82, 2.24) is 5.32 Å². The van der Waals surface area contributed by atoms with E-state index in [0.29, 0.717) is 6.04 Å². The van der Waals surface area contributed by atoms with Gasteiger partial charge in [-0.15, -0.1) is 0 Å². The fraction of sp³-hybridized carbons (Fsp3) is 0.294. The van der Waals surface area contributed by atoms with Crippen molar-refractivity contribution in [3.8, 4) is 0 Å². The van der Waals surface area contributed by atoms with Crippen LogP contribution in [-0.2, 0) is 6.42 Å². The Bertz CT molecular complexity index is 546. The Balaban J connectivity index is 2.19. The van der Waals surface area contributed by atoms with Crippen molar-refractivity contribution < 1.29 is 0 Å². The average molecular weight is 318 g/mol. The van der Waals surface area contributed by atoms with Crippen LogP contribution in [0.5, 0.6) is 0 Å². The minimum Gasteiger partial charge on any atom is -0.313 e. The molecule has 0 saturated heterocycles. The molecule has 0 aromatic heterocycles. The first kappa shape index (κ1) is 14.3. The number of aryl methyl sites for hydroxylation is 2. The summed E-state index contributed by atoms with van der Waals surface area (Å²) in [6.45, 7) is 4.23. The van der Waals surface area contributed by atoms with Crippen molar-refractivity contribution in [1.29, 1.82) is 0 Å². The van der Waals surface area contributed by atoms with Crippen LogP contribution in [0.15, 0.2) is 46.9 Å². The van der Waals surface area contributed by atoms with E-state index in [1.54, 1.807) is 0 Å². The molecule has 0 spiro atoms. The summed E-state index contributed by atoms with van der Waals surface area (Å²) in [6.07, 6.45) is 1.01. The summed E-state index contributed by atoms with van der Waals surface area (Å²) in [7, 11) is 2.02. The molecule has 19 heavy (non-hydrogen) atoms. The zero-order valence-corrected chi connectivity index (χ0v) is 13.3. The van der Waals surface area contributed by atoms with Gasteiger partial charge < -0.3 is 5.32 Å². The number of nitrogens with one attached hydrogen (secondary N) is 1. The summed E-state index contributed by atoms with van der Waals surface area (Å²) in [5.41, 5.74) is 5.26. The number of rotatable bonds is 4. The van der Waals surface area contributed by atoms with Gasteiger partial charge in [-0.25, -0.2) is 0 Å². The van der Waals surface area contributed by atoms with Crippen LogP contribution in [0.4, 0.5) is 0 Å². The van der Waals surface area contributed by atoms with Gasteiger partial charge in [-0.3, -0.25) is 0 Å². The zero-order valence-electron chi connectivity index (χ0n) is 11.7. The van der Waals surface area contributed by atoms with Gasteiger partial charge in [0.05, 0.1) is 0 Å². The third-order valence-corrected chi connectivity index (χ3v) is 4.36. The highest BCUT2D eigenvalue weighted by Crippen LogP contribution is 2.24. The summed E-state index contributed by atoms with van der Waals surface area (Å²) in [6, 6.07) is 15.7. The van der Waals surface area contributed by atoms with Gasteiger partial charge in [-0.2, -0.15) is 0 Å². The molecule has 2 aromatic rings. The number of hydrogen-bond acceptors (Lipinski definition) is 1. The molecule has 0 bridgehead atoms. The molecule has 1 nitrogen and oxygen atoms in total. The topological polar surface area (TPSA) is 12.0 Å². The van der Waals surface area contributed by atoms with Crippen molar-refractivity contribution in [2.45, 2.75) is 26.3 Å². The Morgan fingerprint density at radius 3 is 2.32 bits per heavy atom. The van der Waals surface area contributed by atoms with Crippen molar-refractivity contribution in [2.24, 2.45) is 0 Å². The number of halogens is 1. The summed E-state index contributed by atoms with van der Waals surface area (Å²) in [4.78, 5) is 0. The fourth-order valence-corrected chi connectivity index (χ4v) is 2.57. The zero-order chi connectivity index (χ0) is 13.8. The quantitative estimate of drug-likeness (QED) is 0.871. The molecule has 0 aliphatic heterocycles. The van der Waals surface area contributed by atoms with Crippen LogP contribution < -0.4 is 5.32 Å². The lowest BCUT2D eigenvalue weighted by atomic mass is 9.98. The van der Waals surface area contributed by atoms with E-state index in [0.717, 1.165) is 6.42 Å². The van der Waals surface area contributed by atoms with Crippen molar-refractivity contribution in [2.75, 3.05) is 7.05 Å². The number of benzene rings is 2. The van der Waals surface area contributed by atoms with Crippen LogP contribution in [0.1, 0.15) is 28.3 Å². The molecular weight excluding hydrogens is 298 g/mol. The molecule has 0 heterocycles. The van der Waals surface area contributed by atoms with Gasteiger partial charge in [-0.1, -0.05) is 57.9 Å². The van der Waals surface area contributed by atoms with Gasteiger partial charge in [0, 0.05) is 10.5 Å². The maximum atomic E-state index is 3.61. The average Bonchev–Trinajstić information content (AvgIpc) is 2.41. The van der Waals surface area contributed by atoms with Crippen LogP contribution in [0, 0.1) is 13.8 Å². The van der Waals surface area contributed by atoms with Gasteiger partial charge in [0.25, 0.3) is 0 Å². The minimum atomic E-state index is 0.347. The third kappa shape index (κ3) is 3.68. The van der Waals surface area contributed by atoms with E-state index in [-0.39, 0.29) is 0 Å². The lowest BCUT2D eigenvalue weighted by Crippen LogP contribution is -2.18. The highest BCUT2D eigenvalue weighted by atomic mass is 79.9. The maximum Gasteiger partial charge on any atom is 0.0358 e. The van der Waals surface area contributed by atoms with Crippen molar-refractivity contribution >= 4 is 15.9 Å². The highest BCUT2D eigenvalue weighted by molar-refractivity contribution is 9.10. The molecule has 0 fully saturated rings. The van der Waals surface area contributed by atoms with Crippen LogP contribution in [-0.4, -0.2) is 7.05 Å². The monoisotopic (exact) mass is 317 g/mol. The Hall–Kier alpha value is -1.12. The lowest BCUT2D eigenvalue weighted by Gasteiger charge is -2.18. The maximum absolute atomic E-state index is 3.61. The SMILES string of the molecule is CNC(Cc1ccc(C)cc1)c1ccc(C)c(Br)c1. The summed E-state index contributed by atoms with van der Waals surface area (Å²) in [5, 5.41) is 3.41. The fourth-order valence-electron chi connectivity index (χ4n) is 2.17. The molecule has 0 aliphatic carbocycles. The summed E-state index contributed by atoms with van der Waals surface area (Å²) in [5.74, 6) is 0. The molecule has 0 aliphatic rings. The van der Waals surface area contributed by atoms with Crippen molar-refractivity contribution in [3.05, 3.63) is 69.2 Å². The lowest BCUT2D eigenvalue weighted by molar-refractivity contribution is 0.591. The predicted octanol–water partition coefficient (Wildman–Crippen LogP) is 4.57. The Labute approximate surface area is 124 Å². The highest BCUT2D eigenvalue weighted by Gasteiger charge is 2.11. The van der Waals surface area contributed by atoms with E-state index in [9.17, 15) is 0 Å². The number of hydrogen-bond donors (Lipinski definition) is 1. The van der Waals surface area contributed by atoms with Crippen LogP contribution in [0.3, 0.4) is 0 Å². The Morgan fingerprint density at radius 1 is 1.05 bits per heavy atom. The molecule has 2 aromatic carbocycles. The van der Waals surface area contributed by atoms with Crippen LogP contribution >= 0.6 is 15.9 Å². The molecule has 0 saturated carbocycles. The van der Waals surface area contributed by atoms with E-state index < -0.39 is 0 Å². The van der Waals surface area contributed by atoms with Gasteiger partial charge >= 0.3 is 0 Å². The van der Waals surface area contributed by atoms with E-state index in [4.69, 9.17) is 0 Å². The van der Waals surface area contributed by atoms with Crippen LogP contribution in [0.25, 0.3) is 0 Å². The summed E-state index contributed by atoms with van der Waals surface area (Å²) < 4.78 is 1.18. The molecule has 1 N–H and O–H groups in total. The molecular formula is C17H20BrN. The Kier molecular flexibility index (Phi) is 4.78. The first-order valence-electron chi connectivity index (χ1n) is 6.59. The largest absolute Gasteiger partial charge is 0.313 e. The normalized spacial score (nSPS) is 12.4. The molecule has 1 unspecified atom stereocenters. The second-order valence-electron chi connectivity index (χ2n) is 5.04. The van der Waals surface area contributed by atoms with Gasteiger partial charge in [0.15, 0.2) is 0 Å². The molecule has 2 rings (SSSR count). The van der Waals surface area contributed by atoms with E-state index in [2.05, 4.69) is 77.6 Å². The standard InChI is InChI=1S/C17H20BrN/c1-12-4-7-14(8-5-12)10-17(19-3)15-9-6-13(2)16(18)11-15/h4-9,11,17,19H,10H2,1-3H3. The molecule has 0 radical (unpaired) electrons. The molecule has 2 heteroatoms. The van der Waals surface area contributed by atoms with E-state index >= 15 is 0 Å². The van der Waals surface area contributed by atoms with Gasteiger partial charge in [0.2, 0.25) is 0 Å². The van der Waals surface area contributed by atoms with Gasteiger partial charge in [-0.05, 0) is 50.1 Å². The Morgan fingerprint density at radius 2 is 1.74 bits per heavy atom. The second-order valence-corrected chi connectivity index (χ2v) is 5.89. The molecule has 1 atom stereocenters. The smallest absolute Gasteiger partial charge is 0.0358 e. The first-order chi connectivity index (χ1) is 9.10. The van der Waals surface area contributed by atoms with E-state index in [1.807, 2.05) is 7.05 Å². The third-order valence-electron chi connectivity index (χ3n) is 3.51. The summed E-state index contributed by atoms with van der Waals surface area (Å²) >= 11 is 3.61. The first-order valence-corrected chi connectivity index (χ1v) is 7.38. The predicted molar refractivity (Wildman–Crippen MR) is 85.6 cm³/mol. The van der Waals surface area contributed by atoms with E-state index in [1.165, 1.54) is 26.7 Å². The van der Waals surface area contributed by atoms with Crippen molar-refractivity contribution in [3.63, 3.8) is 0 Å². The number of likely N-dealkylation sites (N-methyl/N-ethyl adjacent to an activating group) is 1. The van der Waals surface area contributed by atoms with Gasteiger partial charge in [0.1, 0.15) is 0 Å². The molecule has 0 amide bonds. The molecule has 100 valence electrons. The second kappa shape index (κ2) is 6.36. The minimum absolute atomic E-state index is 0.347.